The van der Waals surface area contributed by atoms with Gasteiger partial charge in [-0.25, -0.2) is 8.42 Å². The lowest BCUT2D eigenvalue weighted by atomic mass is 9.99. The molecule has 0 fully saturated rings. The summed E-state index contributed by atoms with van der Waals surface area (Å²) in [5.41, 5.74) is 3.67. The molecule has 0 heterocycles. The molecule has 1 unspecified atom stereocenters. The molecule has 122 valence electrons. The number of hydrogen-bond acceptors (Lipinski definition) is 3. The Labute approximate surface area is 136 Å². The number of carbonyl (C=O) groups is 1. The van der Waals surface area contributed by atoms with E-state index in [-0.39, 0.29) is 4.90 Å². The van der Waals surface area contributed by atoms with Crippen LogP contribution in [-0.4, -0.2) is 14.3 Å². The lowest BCUT2D eigenvalue weighted by Crippen LogP contribution is -2.41. The zero-order valence-electron chi connectivity index (χ0n) is 13.1. The maximum Gasteiger partial charge on any atom is 0.266 e. The molecular formula is C17H20N2O3S. The number of hydrogen-bond donors (Lipinski definition) is 2. The average Bonchev–Trinajstić information content (AvgIpc) is 2.60. The third kappa shape index (κ3) is 4.40. The molecule has 0 aliphatic heterocycles. The van der Waals surface area contributed by atoms with Crippen LogP contribution in [0.5, 0.6) is 0 Å². The van der Waals surface area contributed by atoms with Crippen LogP contribution in [0.3, 0.4) is 0 Å². The second kappa shape index (κ2) is 7.39. The van der Waals surface area contributed by atoms with E-state index in [9.17, 15) is 13.2 Å². The van der Waals surface area contributed by atoms with Crippen molar-refractivity contribution in [3.8, 4) is 0 Å². The van der Waals surface area contributed by atoms with Crippen molar-refractivity contribution in [2.24, 2.45) is 0 Å². The first-order valence-corrected chi connectivity index (χ1v) is 8.89. The van der Waals surface area contributed by atoms with E-state index >= 15 is 0 Å². The van der Waals surface area contributed by atoms with Crippen LogP contribution in [0, 0.1) is 0 Å². The van der Waals surface area contributed by atoms with Crippen LogP contribution >= 0.6 is 0 Å². The standard InChI is InChI=1S/C17H20N2O3S/c1-3-13(2)14-9-11-16(12-10-14)23(21,22)19-18-17(20)15-7-5-4-6-8-15/h4-13,19H,3H2,1-2H3,(H,18,20). The van der Waals surface area contributed by atoms with E-state index < -0.39 is 15.9 Å². The number of carbonyl (C=O) groups excluding carboxylic acids is 1. The van der Waals surface area contributed by atoms with Gasteiger partial charge < -0.3 is 0 Å². The molecule has 0 aromatic heterocycles. The molecule has 1 amide bonds. The van der Waals surface area contributed by atoms with Crippen molar-refractivity contribution in [1.29, 1.82) is 0 Å². The third-order valence-electron chi connectivity index (χ3n) is 3.71. The second-order valence-corrected chi connectivity index (χ2v) is 6.99. The van der Waals surface area contributed by atoms with Crippen LogP contribution in [0.25, 0.3) is 0 Å². The fourth-order valence-corrected chi connectivity index (χ4v) is 2.88. The highest BCUT2D eigenvalue weighted by molar-refractivity contribution is 7.89. The van der Waals surface area contributed by atoms with Crippen LogP contribution in [0.15, 0.2) is 59.5 Å². The second-order valence-electron chi connectivity index (χ2n) is 5.30. The maximum absolute atomic E-state index is 12.2. The zero-order valence-corrected chi connectivity index (χ0v) is 13.9. The van der Waals surface area contributed by atoms with Gasteiger partial charge in [-0.1, -0.05) is 44.2 Å². The van der Waals surface area contributed by atoms with Gasteiger partial charge in [-0.15, -0.1) is 4.83 Å². The molecule has 6 heteroatoms. The Balaban J connectivity index is 2.06. The van der Waals surface area contributed by atoms with Crippen molar-refractivity contribution in [3.05, 3.63) is 65.7 Å². The topological polar surface area (TPSA) is 75.3 Å². The molecule has 0 saturated heterocycles. The number of hydrazine groups is 1. The van der Waals surface area contributed by atoms with Crippen LogP contribution in [0.4, 0.5) is 0 Å². The monoisotopic (exact) mass is 332 g/mol. The van der Waals surface area contributed by atoms with Gasteiger partial charge in [0.2, 0.25) is 0 Å². The predicted molar refractivity (Wildman–Crippen MR) is 89.4 cm³/mol. The number of amides is 1. The van der Waals surface area contributed by atoms with Crippen molar-refractivity contribution < 1.29 is 13.2 Å². The Morgan fingerprint density at radius 2 is 1.65 bits per heavy atom. The highest BCUT2D eigenvalue weighted by Crippen LogP contribution is 2.20. The SMILES string of the molecule is CCC(C)c1ccc(S(=O)(=O)NNC(=O)c2ccccc2)cc1. The molecule has 2 aromatic rings. The van der Waals surface area contributed by atoms with Crippen molar-refractivity contribution >= 4 is 15.9 Å². The minimum absolute atomic E-state index is 0.109. The summed E-state index contributed by atoms with van der Waals surface area (Å²) in [6, 6.07) is 15.1. The van der Waals surface area contributed by atoms with Crippen molar-refractivity contribution in [2.45, 2.75) is 31.1 Å². The van der Waals surface area contributed by atoms with E-state index in [0.717, 1.165) is 12.0 Å². The number of sulfonamides is 1. The molecule has 0 aliphatic carbocycles. The molecule has 1 atom stereocenters. The fourth-order valence-electron chi connectivity index (χ4n) is 2.05. The summed E-state index contributed by atoms with van der Waals surface area (Å²) in [5, 5.41) is 0. The molecule has 2 rings (SSSR count). The third-order valence-corrected chi connectivity index (χ3v) is 4.97. The molecule has 23 heavy (non-hydrogen) atoms. The fraction of sp³-hybridized carbons (Fsp3) is 0.235. The van der Waals surface area contributed by atoms with Crippen LogP contribution in [0.1, 0.15) is 42.1 Å². The van der Waals surface area contributed by atoms with Gasteiger partial charge >= 0.3 is 0 Å². The maximum atomic E-state index is 12.2. The first-order chi connectivity index (χ1) is 10.9. The van der Waals surface area contributed by atoms with Gasteiger partial charge in [0.15, 0.2) is 0 Å². The van der Waals surface area contributed by atoms with Gasteiger partial charge in [0.05, 0.1) is 4.90 Å². The summed E-state index contributed by atoms with van der Waals surface area (Å²) < 4.78 is 24.4. The summed E-state index contributed by atoms with van der Waals surface area (Å²) in [6.45, 7) is 4.16. The number of rotatable bonds is 6. The van der Waals surface area contributed by atoms with Crippen LogP contribution in [0.2, 0.25) is 0 Å². The summed E-state index contributed by atoms with van der Waals surface area (Å²) >= 11 is 0. The summed E-state index contributed by atoms with van der Waals surface area (Å²) in [4.78, 5) is 14.1. The first-order valence-electron chi connectivity index (χ1n) is 7.41. The van der Waals surface area contributed by atoms with E-state index in [1.165, 1.54) is 0 Å². The van der Waals surface area contributed by atoms with Crippen LogP contribution < -0.4 is 10.3 Å². The Bertz CT molecular complexity index is 756. The Morgan fingerprint density at radius 1 is 1.04 bits per heavy atom. The molecular weight excluding hydrogens is 312 g/mol. The highest BCUT2D eigenvalue weighted by atomic mass is 32.2. The normalized spacial score (nSPS) is 12.6. The molecule has 5 nitrogen and oxygen atoms in total. The Morgan fingerprint density at radius 3 is 2.22 bits per heavy atom. The first kappa shape index (κ1) is 17.2. The van der Waals surface area contributed by atoms with E-state index in [4.69, 9.17) is 0 Å². The molecule has 0 bridgehead atoms. The molecule has 0 spiro atoms. The van der Waals surface area contributed by atoms with Crippen molar-refractivity contribution in [1.82, 2.24) is 10.3 Å². The smallest absolute Gasteiger partial charge is 0.266 e. The summed E-state index contributed by atoms with van der Waals surface area (Å²) in [5.74, 6) is -0.136. The molecule has 2 N–H and O–H groups in total. The average molecular weight is 332 g/mol. The number of nitrogens with one attached hydrogen (secondary N) is 2. The summed E-state index contributed by atoms with van der Waals surface area (Å²) in [7, 11) is -3.79. The van der Waals surface area contributed by atoms with E-state index in [1.54, 1.807) is 54.6 Å². The molecule has 2 aromatic carbocycles. The quantitative estimate of drug-likeness (QED) is 0.799. The van der Waals surface area contributed by atoms with E-state index in [0.29, 0.717) is 11.5 Å². The summed E-state index contributed by atoms with van der Waals surface area (Å²) in [6.07, 6.45) is 0.984. The molecule has 0 radical (unpaired) electrons. The Kier molecular flexibility index (Phi) is 5.52. The van der Waals surface area contributed by atoms with Gasteiger partial charge in [-0.05, 0) is 42.2 Å². The van der Waals surface area contributed by atoms with Crippen LogP contribution in [-0.2, 0) is 10.0 Å². The number of benzene rings is 2. The van der Waals surface area contributed by atoms with Crippen molar-refractivity contribution in [3.63, 3.8) is 0 Å². The highest BCUT2D eigenvalue weighted by Gasteiger charge is 2.16. The van der Waals surface area contributed by atoms with Gasteiger partial charge in [0.25, 0.3) is 15.9 Å². The van der Waals surface area contributed by atoms with E-state index in [1.807, 2.05) is 0 Å². The zero-order chi connectivity index (χ0) is 16.9. The molecule has 0 saturated carbocycles. The van der Waals surface area contributed by atoms with Gasteiger partial charge in [-0.3, -0.25) is 10.2 Å². The van der Waals surface area contributed by atoms with Gasteiger partial charge in [0, 0.05) is 5.56 Å². The van der Waals surface area contributed by atoms with E-state index in [2.05, 4.69) is 24.1 Å². The minimum atomic E-state index is -3.79. The lowest BCUT2D eigenvalue weighted by molar-refractivity contribution is 0.0945. The molecule has 0 aliphatic rings. The van der Waals surface area contributed by atoms with Gasteiger partial charge in [0.1, 0.15) is 0 Å². The Hall–Kier alpha value is -2.18. The van der Waals surface area contributed by atoms with Crippen molar-refractivity contribution in [2.75, 3.05) is 0 Å². The lowest BCUT2D eigenvalue weighted by Gasteiger charge is -2.11. The predicted octanol–water partition coefficient (Wildman–Crippen LogP) is 2.82. The van der Waals surface area contributed by atoms with Gasteiger partial charge in [-0.2, -0.15) is 0 Å². The largest absolute Gasteiger partial charge is 0.273 e. The minimum Gasteiger partial charge on any atom is -0.273 e.